The second kappa shape index (κ2) is 15.9. The first-order valence-electron chi connectivity index (χ1n) is 16.9. The number of hydrogen-bond acceptors (Lipinski definition) is 7. The van der Waals surface area contributed by atoms with Crippen molar-refractivity contribution in [2.75, 3.05) is 25.1 Å². The minimum Gasteiger partial charge on any atom is -0.349 e. The Morgan fingerprint density at radius 2 is 1.57 bits per heavy atom. The average Bonchev–Trinajstić information content (AvgIpc) is 2.93. The van der Waals surface area contributed by atoms with Crippen molar-refractivity contribution in [3.8, 4) is 0 Å². The number of ketones is 1. The van der Waals surface area contributed by atoms with Gasteiger partial charge in [0.1, 0.15) is 21.9 Å². The average molecular weight is 670 g/mol. The number of urea groups is 1. The molecule has 264 valence electrons. The molecule has 2 fully saturated rings. The van der Waals surface area contributed by atoms with E-state index in [1.54, 1.807) is 0 Å². The largest absolute Gasteiger partial charge is 0.349 e. The Morgan fingerprint density at radius 3 is 2.09 bits per heavy atom. The fraction of sp³-hybridized carbons (Fsp3) is 0.848. The van der Waals surface area contributed by atoms with E-state index >= 15 is 0 Å². The molecule has 1 saturated carbocycles. The molecule has 1 aliphatic carbocycles. The molecule has 0 aromatic heterocycles. The third-order valence-corrected chi connectivity index (χ3v) is 10.6. The van der Waals surface area contributed by atoms with Gasteiger partial charge >= 0.3 is 6.03 Å². The molecule has 4 N–H and O–H groups in total. The smallest absolute Gasteiger partial charge is 0.315 e. The Morgan fingerprint density at radius 1 is 0.957 bits per heavy atom. The van der Waals surface area contributed by atoms with Gasteiger partial charge in [-0.05, 0) is 48.9 Å². The number of Topliss-reactive ketones (excluding diaryl/α,β-unsaturated/α-hetero) is 1. The first-order chi connectivity index (χ1) is 21.2. The molecule has 1 heterocycles. The van der Waals surface area contributed by atoms with Crippen LogP contribution in [0.1, 0.15) is 113 Å². The maximum Gasteiger partial charge on any atom is 0.315 e. The van der Waals surface area contributed by atoms with E-state index in [2.05, 4.69) is 21.3 Å². The minimum atomic E-state index is -3.39. The van der Waals surface area contributed by atoms with E-state index in [1.165, 1.54) is 4.90 Å². The molecule has 0 aromatic carbocycles. The number of carbonyl (C=O) groups is 5. The fourth-order valence-corrected chi connectivity index (χ4v) is 7.89. The maximum absolute atomic E-state index is 14.4. The van der Waals surface area contributed by atoms with Crippen LogP contribution in [0.25, 0.3) is 0 Å². The van der Waals surface area contributed by atoms with Gasteiger partial charge in [-0.25, -0.2) is 13.2 Å². The molecular formula is C33H59N5O7S. The van der Waals surface area contributed by atoms with Gasteiger partial charge in [0.25, 0.3) is 5.91 Å². The van der Waals surface area contributed by atoms with E-state index in [0.29, 0.717) is 38.6 Å². The van der Waals surface area contributed by atoms with Crippen LogP contribution in [-0.4, -0.2) is 91.6 Å². The Bertz CT molecular complexity index is 1220. The number of piperidine rings is 1. The van der Waals surface area contributed by atoms with Crippen LogP contribution in [0.15, 0.2) is 0 Å². The van der Waals surface area contributed by atoms with Gasteiger partial charge in [0.15, 0.2) is 0 Å². The third kappa shape index (κ3) is 10.9. The zero-order valence-electron chi connectivity index (χ0n) is 29.5. The monoisotopic (exact) mass is 669 g/mol. The molecule has 1 aliphatic heterocycles. The summed E-state index contributed by atoms with van der Waals surface area (Å²) in [6.45, 7) is 15.9. The number of nitrogens with zero attached hydrogens (tertiary/aromatic N) is 1. The van der Waals surface area contributed by atoms with Crippen LogP contribution in [0.4, 0.5) is 4.79 Å². The van der Waals surface area contributed by atoms with E-state index in [0.717, 1.165) is 25.5 Å². The highest BCUT2D eigenvalue weighted by Gasteiger charge is 2.48. The maximum atomic E-state index is 14.4. The van der Waals surface area contributed by atoms with Crippen molar-refractivity contribution in [2.24, 2.45) is 16.7 Å². The molecule has 12 nitrogen and oxygen atoms in total. The third-order valence-electron chi connectivity index (χ3n) is 9.57. The molecule has 5 amide bonds. The van der Waals surface area contributed by atoms with E-state index in [4.69, 9.17) is 0 Å². The van der Waals surface area contributed by atoms with Crippen molar-refractivity contribution in [1.29, 1.82) is 0 Å². The lowest BCUT2D eigenvalue weighted by Crippen LogP contribution is -2.66. The highest BCUT2D eigenvalue weighted by molar-refractivity contribution is 7.90. The molecular weight excluding hydrogens is 610 g/mol. The Labute approximate surface area is 276 Å². The zero-order chi connectivity index (χ0) is 35.1. The minimum absolute atomic E-state index is 0.0168. The Kier molecular flexibility index (Phi) is 13.7. The Hall–Kier alpha value is -2.70. The molecule has 4 atom stereocenters. The number of likely N-dealkylation sites (tertiary alicyclic amines) is 1. The summed E-state index contributed by atoms with van der Waals surface area (Å²) < 4.78 is 24.6. The van der Waals surface area contributed by atoms with E-state index in [1.807, 2.05) is 55.4 Å². The lowest BCUT2D eigenvalue weighted by molar-refractivity contribution is -0.151. The van der Waals surface area contributed by atoms with Gasteiger partial charge in [-0.3, -0.25) is 19.2 Å². The second-order valence-electron chi connectivity index (χ2n) is 15.4. The van der Waals surface area contributed by atoms with Crippen LogP contribution in [0.3, 0.4) is 0 Å². The van der Waals surface area contributed by atoms with Crippen LogP contribution in [-0.2, 0) is 29.0 Å². The van der Waals surface area contributed by atoms with Crippen LogP contribution >= 0.6 is 0 Å². The summed E-state index contributed by atoms with van der Waals surface area (Å²) in [5.41, 5.74) is -2.00. The van der Waals surface area contributed by atoms with E-state index < -0.39 is 68.5 Å². The molecule has 2 unspecified atom stereocenters. The van der Waals surface area contributed by atoms with Crippen molar-refractivity contribution in [3.63, 3.8) is 0 Å². The lowest BCUT2D eigenvalue weighted by Gasteiger charge is -2.49. The Balaban J connectivity index is 2.38. The number of amides is 5. The number of hydrogen-bond donors (Lipinski definition) is 4. The zero-order valence-corrected chi connectivity index (χ0v) is 30.3. The molecule has 1 saturated heterocycles. The molecule has 13 heteroatoms. The summed E-state index contributed by atoms with van der Waals surface area (Å²) in [7, 11) is -3.39. The SMILES string of the molecule is CCCNC(=O)C(=O)C(CCC)NC(=O)[C@@H]1CC(C)(C)C(C)CN1C(=O)[C@@H](NC(=O)NC1(CS(C)(=O)=O)CCCCC1)C(C)(C)C. The summed E-state index contributed by atoms with van der Waals surface area (Å²) in [6.07, 6.45) is 6.55. The molecule has 0 aromatic rings. The van der Waals surface area contributed by atoms with Crippen LogP contribution < -0.4 is 21.3 Å². The highest BCUT2D eigenvalue weighted by Crippen LogP contribution is 2.39. The normalized spacial score (nSPS) is 22.6. The summed E-state index contributed by atoms with van der Waals surface area (Å²) >= 11 is 0. The molecule has 2 aliphatic rings. The van der Waals surface area contributed by atoms with E-state index in [-0.39, 0.29) is 30.1 Å². The summed E-state index contributed by atoms with van der Waals surface area (Å²) in [5, 5.41) is 11.1. The summed E-state index contributed by atoms with van der Waals surface area (Å²) in [5.74, 6) is -2.60. The number of carbonyl (C=O) groups excluding carboxylic acids is 5. The first kappa shape index (κ1) is 39.5. The molecule has 0 spiro atoms. The van der Waals surface area contributed by atoms with Gasteiger partial charge in [-0.1, -0.05) is 81.1 Å². The number of sulfone groups is 1. The predicted octanol–water partition coefficient (Wildman–Crippen LogP) is 3.09. The van der Waals surface area contributed by atoms with E-state index in [9.17, 15) is 32.4 Å². The van der Waals surface area contributed by atoms with Crippen molar-refractivity contribution in [1.82, 2.24) is 26.2 Å². The molecule has 2 rings (SSSR count). The second-order valence-corrected chi connectivity index (χ2v) is 17.5. The van der Waals surface area contributed by atoms with Gasteiger partial charge in [0.05, 0.1) is 17.3 Å². The van der Waals surface area contributed by atoms with Gasteiger partial charge in [0.2, 0.25) is 17.6 Å². The van der Waals surface area contributed by atoms with Crippen molar-refractivity contribution in [3.05, 3.63) is 0 Å². The van der Waals surface area contributed by atoms with Crippen molar-refractivity contribution < 1.29 is 32.4 Å². The number of rotatable bonds is 13. The predicted molar refractivity (Wildman–Crippen MR) is 179 cm³/mol. The van der Waals surface area contributed by atoms with Crippen LogP contribution in [0.5, 0.6) is 0 Å². The van der Waals surface area contributed by atoms with Gasteiger partial charge < -0.3 is 26.2 Å². The van der Waals surface area contributed by atoms with Gasteiger partial charge in [-0.15, -0.1) is 0 Å². The fourth-order valence-electron chi connectivity index (χ4n) is 6.52. The standard InChI is InChI=1S/C33H59N5O7S/c1-10-15-23(25(39)28(41)34-18-11-2)35-27(40)24-19-32(7,8)22(3)20-38(24)29(42)26(31(4,5)6)36-30(43)37-33(21-46(9,44)45)16-13-12-14-17-33/h22-24,26H,10-21H2,1-9H3,(H,34,41)(H,35,40)(H2,36,37,43)/t22?,23?,24-,26+/m0/s1. The highest BCUT2D eigenvalue weighted by atomic mass is 32.2. The number of nitrogens with one attached hydrogen (secondary N) is 4. The quantitative estimate of drug-likeness (QED) is 0.218. The summed E-state index contributed by atoms with van der Waals surface area (Å²) in [6, 6.07) is -3.63. The van der Waals surface area contributed by atoms with Gasteiger partial charge in [0, 0.05) is 19.3 Å². The molecule has 0 bridgehead atoms. The summed E-state index contributed by atoms with van der Waals surface area (Å²) in [4.78, 5) is 68.8. The molecule has 0 radical (unpaired) electrons. The van der Waals surface area contributed by atoms with Crippen molar-refractivity contribution >= 4 is 39.4 Å². The first-order valence-corrected chi connectivity index (χ1v) is 18.9. The van der Waals surface area contributed by atoms with Crippen molar-refractivity contribution in [2.45, 2.75) is 137 Å². The lowest BCUT2D eigenvalue weighted by atomic mass is 9.71. The van der Waals surface area contributed by atoms with Crippen LogP contribution in [0.2, 0.25) is 0 Å². The molecule has 46 heavy (non-hydrogen) atoms. The van der Waals surface area contributed by atoms with Crippen LogP contribution in [0, 0.1) is 16.7 Å². The van der Waals surface area contributed by atoms with Gasteiger partial charge in [-0.2, -0.15) is 0 Å². The topological polar surface area (TPSA) is 171 Å².